The van der Waals surface area contributed by atoms with Crippen LogP contribution in [0, 0.1) is 0 Å². The van der Waals surface area contributed by atoms with Gasteiger partial charge >= 0.3 is 0 Å². The Labute approximate surface area is 153 Å². The third kappa shape index (κ3) is 6.33. The van der Waals surface area contributed by atoms with Gasteiger partial charge in [0.15, 0.2) is 9.84 Å². The van der Waals surface area contributed by atoms with E-state index < -0.39 is 9.84 Å². The minimum absolute atomic E-state index is 0. The molecule has 136 valence electrons. The number of nitrogens with one attached hydrogen (secondary N) is 2. The summed E-state index contributed by atoms with van der Waals surface area (Å²) in [5.41, 5.74) is 0.687. The molecule has 1 heterocycles. The van der Waals surface area contributed by atoms with Crippen LogP contribution in [0.1, 0.15) is 5.56 Å². The van der Waals surface area contributed by atoms with Crippen LogP contribution < -0.4 is 15.4 Å². The molecule has 25 heavy (non-hydrogen) atoms. The van der Waals surface area contributed by atoms with Gasteiger partial charge in [0.05, 0.1) is 11.4 Å². The average molecular weight is 386 g/mol. The van der Waals surface area contributed by atoms with Crippen LogP contribution in [0.2, 0.25) is 0 Å². The van der Waals surface area contributed by atoms with Crippen molar-refractivity contribution in [3.8, 4) is 11.6 Å². The Bertz CT molecular complexity index is 828. The number of nitrogens with zero attached hydrogens (tertiary/aromatic N) is 1. The lowest BCUT2D eigenvalue weighted by molar-refractivity contribution is -0.120. The van der Waals surface area contributed by atoms with Crippen molar-refractivity contribution in [2.75, 3.05) is 19.8 Å². The Balaban J connectivity index is 0.00000312. The molecule has 0 bridgehead atoms. The molecular formula is C16H20ClN3O4S. The normalized spacial score (nSPS) is 10.6. The van der Waals surface area contributed by atoms with Gasteiger partial charge in [0.1, 0.15) is 5.75 Å². The maximum absolute atomic E-state index is 11.6. The predicted octanol–water partition coefficient (Wildman–Crippen LogP) is 1.53. The fourth-order valence-electron chi connectivity index (χ4n) is 1.95. The number of carbonyl (C=O) groups excluding carboxylic acids is 1. The van der Waals surface area contributed by atoms with Gasteiger partial charge in [0, 0.05) is 24.6 Å². The van der Waals surface area contributed by atoms with Gasteiger partial charge in [0.25, 0.3) is 0 Å². The molecule has 2 N–H and O–H groups in total. The summed E-state index contributed by atoms with van der Waals surface area (Å²) < 4.78 is 28.9. The second-order valence-corrected chi connectivity index (χ2v) is 7.14. The van der Waals surface area contributed by atoms with Crippen molar-refractivity contribution in [3.05, 3.63) is 48.2 Å². The zero-order valence-corrected chi connectivity index (χ0v) is 15.5. The first-order valence-electron chi connectivity index (χ1n) is 7.23. The number of rotatable bonds is 7. The molecule has 2 aromatic rings. The molecular weight excluding hydrogens is 366 g/mol. The molecule has 1 aromatic carbocycles. The maximum atomic E-state index is 11.6. The summed E-state index contributed by atoms with van der Waals surface area (Å²) in [6.45, 7) is 0.475. The third-order valence-corrected chi connectivity index (χ3v) is 4.22. The summed E-state index contributed by atoms with van der Waals surface area (Å²) in [5.74, 6) is 0.527. The van der Waals surface area contributed by atoms with Gasteiger partial charge in [-0.25, -0.2) is 13.4 Å². The van der Waals surface area contributed by atoms with E-state index in [9.17, 15) is 13.2 Å². The Hall–Kier alpha value is -2.16. The highest BCUT2D eigenvalue weighted by Gasteiger charge is 2.11. The summed E-state index contributed by atoms with van der Waals surface area (Å²) in [7, 11) is -1.63. The van der Waals surface area contributed by atoms with Crippen LogP contribution in [-0.4, -0.2) is 39.2 Å². The van der Waals surface area contributed by atoms with Crippen LogP contribution in [0.15, 0.2) is 47.5 Å². The van der Waals surface area contributed by atoms with Crippen LogP contribution in [-0.2, 0) is 21.2 Å². The summed E-state index contributed by atoms with van der Waals surface area (Å²) in [4.78, 5) is 15.9. The van der Waals surface area contributed by atoms with E-state index >= 15 is 0 Å². The molecule has 1 amide bonds. The summed E-state index contributed by atoms with van der Waals surface area (Å²) in [5, 5.41) is 5.51. The molecule has 0 unspecified atom stereocenters. The van der Waals surface area contributed by atoms with Crippen molar-refractivity contribution in [3.63, 3.8) is 0 Å². The first kappa shape index (κ1) is 20.9. The van der Waals surface area contributed by atoms with Crippen LogP contribution in [0.25, 0.3) is 0 Å². The fraction of sp³-hybridized carbons (Fsp3) is 0.250. The molecule has 0 spiro atoms. The van der Waals surface area contributed by atoms with Crippen LogP contribution in [0.4, 0.5) is 0 Å². The molecule has 2 rings (SSSR count). The molecule has 0 saturated carbocycles. The van der Waals surface area contributed by atoms with Gasteiger partial charge in [-0.2, -0.15) is 0 Å². The van der Waals surface area contributed by atoms with E-state index in [1.807, 2.05) is 0 Å². The predicted molar refractivity (Wildman–Crippen MR) is 96.9 cm³/mol. The SMILES string of the molecule is CNCC(=O)NCc1cccnc1Oc1cccc(S(C)(=O)=O)c1.Cl. The van der Waals surface area contributed by atoms with Crippen molar-refractivity contribution in [2.24, 2.45) is 0 Å². The van der Waals surface area contributed by atoms with Gasteiger partial charge < -0.3 is 15.4 Å². The van der Waals surface area contributed by atoms with Gasteiger partial charge in [-0.3, -0.25) is 4.79 Å². The summed E-state index contributed by atoms with van der Waals surface area (Å²) >= 11 is 0. The quantitative estimate of drug-likeness (QED) is 0.750. The first-order chi connectivity index (χ1) is 11.4. The lowest BCUT2D eigenvalue weighted by Crippen LogP contribution is -2.31. The van der Waals surface area contributed by atoms with E-state index in [2.05, 4.69) is 15.6 Å². The van der Waals surface area contributed by atoms with Crippen molar-refractivity contribution in [1.82, 2.24) is 15.6 Å². The number of amides is 1. The number of pyridine rings is 1. The Kier molecular flexibility index (Phi) is 7.82. The lowest BCUT2D eigenvalue weighted by atomic mass is 10.2. The van der Waals surface area contributed by atoms with Gasteiger partial charge in [0.2, 0.25) is 11.8 Å². The minimum atomic E-state index is -3.32. The average Bonchev–Trinajstić information content (AvgIpc) is 2.54. The lowest BCUT2D eigenvalue weighted by Gasteiger charge is -2.11. The number of carbonyl (C=O) groups is 1. The second-order valence-electron chi connectivity index (χ2n) is 5.12. The second kappa shape index (κ2) is 9.36. The number of ether oxygens (including phenoxy) is 1. The number of benzene rings is 1. The molecule has 7 nitrogen and oxygen atoms in total. The van der Waals surface area contributed by atoms with Crippen molar-refractivity contribution >= 4 is 28.2 Å². The zero-order chi connectivity index (χ0) is 17.6. The molecule has 0 aliphatic carbocycles. The number of halogens is 1. The number of hydrogen-bond donors (Lipinski definition) is 2. The molecule has 0 aliphatic rings. The van der Waals surface area contributed by atoms with E-state index in [0.717, 1.165) is 6.26 Å². The molecule has 0 fully saturated rings. The summed E-state index contributed by atoms with van der Waals surface area (Å²) in [6.07, 6.45) is 2.70. The van der Waals surface area contributed by atoms with Crippen molar-refractivity contribution < 1.29 is 17.9 Å². The molecule has 0 aliphatic heterocycles. The van der Waals surface area contributed by atoms with Crippen molar-refractivity contribution in [2.45, 2.75) is 11.4 Å². The van der Waals surface area contributed by atoms with Crippen molar-refractivity contribution in [1.29, 1.82) is 0 Å². The van der Waals surface area contributed by atoms with Gasteiger partial charge in [-0.1, -0.05) is 12.1 Å². The van der Waals surface area contributed by atoms with E-state index in [1.165, 1.54) is 12.1 Å². The number of sulfone groups is 1. The standard InChI is InChI=1S/C16H19N3O4S.ClH/c1-17-11-15(20)19-10-12-5-4-8-18-16(12)23-13-6-3-7-14(9-13)24(2,21)22;/h3-9,17H,10-11H2,1-2H3,(H,19,20);1H. The zero-order valence-electron chi connectivity index (χ0n) is 13.9. The molecule has 1 aromatic heterocycles. The van der Waals surface area contributed by atoms with Gasteiger partial charge in [-0.15, -0.1) is 12.4 Å². The first-order valence-corrected chi connectivity index (χ1v) is 9.12. The highest BCUT2D eigenvalue weighted by Crippen LogP contribution is 2.25. The number of aromatic nitrogens is 1. The molecule has 0 radical (unpaired) electrons. The van der Waals surface area contributed by atoms with Crippen LogP contribution in [0.5, 0.6) is 11.6 Å². The van der Waals surface area contributed by atoms with E-state index in [1.54, 1.807) is 37.5 Å². The minimum Gasteiger partial charge on any atom is -0.439 e. The molecule has 9 heteroatoms. The summed E-state index contributed by atoms with van der Waals surface area (Å²) in [6, 6.07) is 9.70. The monoisotopic (exact) mass is 385 g/mol. The molecule has 0 saturated heterocycles. The third-order valence-electron chi connectivity index (χ3n) is 3.11. The van der Waals surface area contributed by atoms with Gasteiger partial charge in [-0.05, 0) is 31.3 Å². The number of hydrogen-bond acceptors (Lipinski definition) is 6. The largest absolute Gasteiger partial charge is 0.439 e. The number of likely N-dealkylation sites (N-methyl/N-ethyl adjacent to an activating group) is 1. The Morgan fingerprint density at radius 1 is 1.24 bits per heavy atom. The fourth-order valence-corrected chi connectivity index (χ4v) is 2.60. The highest BCUT2D eigenvalue weighted by molar-refractivity contribution is 7.90. The topological polar surface area (TPSA) is 97.4 Å². The highest BCUT2D eigenvalue weighted by atomic mass is 35.5. The maximum Gasteiger partial charge on any atom is 0.234 e. The van der Waals surface area contributed by atoms with Crippen LogP contribution >= 0.6 is 12.4 Å². The smallest absolute Gasteiger partial charge is 0.234 e. The van der Waals surface area contributed by atoms with Crippen LogP contribution in [0.3, 0.4) is 0 Å². The Morgan fingerprint density at radius 3 is 2.68 bits per heavy atom. The van der Waals surface area contributed by atoms with E-state index in [0.29, 0.717) is 17.2 Å². The van der Waals surface area contributed by atoms with E-state index in [4.69, 9.17) is 4.74 Å². The molecule has 0 atom stereocenters. The Morgan fingerprint density at radius 2 is 2.00 bits per heavy atom. The van der Waals surface area contributed by atoms with E-state index in [-0.39, 0.29) is 36.3 Å².